The van der Waals surface area contributed by atoms with Crippen molar-refractivity contribution in [2.45, 2.75) is 11.4 Å². The first-order valence-corrected chi connectivity index (χ1v) is 8.07. The lowest BCUT2D eigenvalue weighted by atomic mass is 10.2. The van der Waals surface area contributed by atoms with Gasteiger partial charge in [0, 0.05) is 17.1 Å². The molecule has 0 radical (unpaired) electrons. The summed E-state index contributed by atoms with van der Waals surface area (Å²) in [5.74, 6) is -1.75. The zero-order valence-electron chi connectivity index (χ0n) is 10.6. The maximum Gasteiger partial charge on any atom is 0.263 e. The summed E-state index contributed by atoms with van der Waals surface area (Å²) < 4.78 is 53.2. The zero-order valence-corrected chi connectivity index (χ0v) is 13.0. The number of hydrogen-bond acceptors (Lipinski definition) is 3. The number of anilines is 1. The van der Waals surface area contributed by atoms with Crippen LogP contribution in [0, 0.1) is 11.6 Å². The third kappa shape index (κ3) is 3.78. The Morgan fingerprint density at radius 1 is 1.10 bits per heavy atom. The molecule has 112 valence electrons. The maximum absolute atomic E-state index is 13.1. The molecule has 0 saturated heterocycles. The largest absolute Gasteiger partial charge is 0.326 e. The molecule has 0 bridgehead atoms. The molecule has 0 atom stereocenters. The van der Waals surface area contributed by atoms with Gasteiger partial charge in [-0.25, -0.2) is 17.2 Å². The standard InChI is InChI=1S/C13H11BrF2N2O2S/c14-12-2-1-8(7-17)3-13(12)21(19,20)18-11-5-9(15)4-10(16)6-11/h1-6,18H,7,17H2. The Morgan fingerprint density at radius 3 is 2.29 bits per heavy atom. The normalized spacial score (nSPS) is 11.4. The van der Waals surface area contributed by atoms with Crippen LogP contribution in [0.25, 0.3) is 0 Å². The number of rotatable bonds is 4. The molecular formula is C13H11BrF2N2O2S. The van der Waals surface area contributed by atoms with Crippen molar-refractivity contribution in [2.24, 2.45) is 5.73 Å². The summed E-state index contributed by atoms with van der Waals surface area (Å²) in [5.41, 5.74) is 5.89. The van der Waals surface area contributed by atoms with Crippen LogP contribution in [0.2, 0.25) is 0 Å². The van der Waals surface area contributed by atoms with E-state index in [2.05, 4.69) is 20.7 Å². The second kappa shape index (κ2) is 6.08. The molecule has 21 heavy (non-hydrogen) atoms. The predicted octanol–water partition coefficient (Wildman–Crippen LogP) is 2.99. The maximum atomic E-state index is 13.1. The Morgan fingerprint density at radius 2 is 1.71 bits per heavy atom. The van der Waals surface area contributed by atoms with Crippen LogP contribution in [0.15, 0.2) is 45.8 Å². The molecule has 0 saturated carbocycles. The highest BCUT2D eigenvalue weighted by molar-refractivity contribution is 9.10. The van der Waals surface area contributed by atoms with E-state index in [4.69, 9.17) is 5.73 Å². The molecule has 0 aliphatic rings. The van der Waals surface area contributed by atoms with E-state index in [1.54, 1.807) is 12.1 Å². The summed E-state index contributed by atoms with van der Waals surface area (Å²) in [4.78, 5) is -0.0601. The van der Waals surface area contributed by atoms with Crippen molar-refractivity contribution in [3.63, 3.8) is 0 Å². The fourth-order valence-electron chi connectivity index (χ4n) is 1.70. The van der Waals surface area contributed by atoms with Crippen LogP contribution in [0.3, 0.4) is 0 Å². The number of nitrogens with one attached hydrogen (secondary N) is 1. The lowest BCUT2D eigenvalue weighted by molar-refractivity contribution is 0.584. The fourth-order valence-corrected chi connectivity index (χ4v) is 3.76. The minimum absolute atomic E-state index is 0.0601. The molecule has 0 aliphatic carbocycles. The molecule has 0 aromatic heterocycles. The number of hydrogen-bond donors (Lipinski definition) is 2. The van der Waals surface area contributed by atoms with Gasteiger partial charge >= 0.3 is 0 Å². The van der Waals surface area contributed by atoms with Gasteiger partial charge < -0.3 is 5.73 Å². The van der Waals surface area contributed by atoms with Crippen molar-refractivity contribution in [3.8, 4) is 0 Å². The number of nitrogens with two attached hydrogens (primary N) is 1. The molecule has 0 spiro atoms. The van der Waals surface area contributed by atoms with Gasteiger partial charge in [-0.2, -0.15) is 0 Å². The molecule has 2 rings (SSSR count). The van der Waals surface area contributed by atoms with Crippen LogP contribution in [0.5, 0.6) is 0 Å². The van der Waals surface area contributed by atoms with E-state index in [1.807, 2.05) is 0 Å². The zero-order chi connectivity index (χ0) is 15.6. The van der Waals surface area contributed by atoms with Gasteiger partial charge in [0.05, 0.1) is 5.69 Å². The van der Waals surface area contributed by atoms with Crippen LogP contribution in [-0.4, -0.2) is 8.42 Å². The molecule has 0 unspecified atom stereocenters. The van der Waals surface area contributed by atoms with Crippen LogP contribution in [0.1, 0.15) is 5.56 Å². The fraction of sp³-hybridized carbons (Fsp3) is 0.0769. The first-order chi connectivity index (χ1) is 9.81. The van der Waals surface area contributed by atoms with Gasteiger partial charge in [-0.1, -0.05) is 6.07 Å². The van der Waals surface area contributed by atoms with E-state index < -0.39 is 21.7 Å². The highest BCUT2D eigenvalue weighted by Gasteiger charge is 2.19. The van der Waals surface area contributed by atoms with E-state index in [1.165, 1.54) is 6.07 Å². The van der Waals surface area contributed by atoms with E-state index in [-0.39, 0.29) is 17.1 Å². The monoisotopic (exact) mass is 376 g/mol. The van der Waals surface area contributed by atoms with E-state index in [0.29, 0.717) is 16.1 Å². The van der Waals surface area contributed by atoms with Crippen LogP contribution >= 0.6 is 15.9 Å². The van der Waals surface area contributed by atoms with Gasteiger partial charge in [-0.05, 0) is 45.8 Å². The van der Waals surface area contributed by atoms with E-state index >= 15 is 0 Å². The average molecular weight is 377 g/mol. The summed E-state index contributed by atoms with van der Waals surface area (Å²) in [5, 5.41) is 0. The molecule has 0 heterocycles. The summed E-state index contributed by atoms with van der Waals surface area (Å²) in [6.07, 6.45) is 0. The predicted molar refractivity (Wildman–Crippen MR) is 79.2 cm³/mol. The molecule has 0 fully saturated rings. The van der Waals surface area contributed by atoms with Crippen molar-refractivity contribution < 1.29 is 17.2 Å². The summed E-state index contributed by atoms with van der Waals surface area (Å²) >= 11 is 3.13. The Labute approximate surface area is 129 Å². The Kier molecular flexibility index (Phi) is 4.60. The molecule has 2 aromatic rings. The highest BCUT2D eigenvalue weighted by atomic mass is 79.9. The lowest BCUT2D eigenvalue weighted by Crippen LogP contribution is -2.14. The summed E-state index contributed by atoms with van der Waals surface area (Å²) in [7, 11) is -4.00. The van der Waals surface area contributed by atoms with Crippen molar-refractivity contribution >= 4 is 31.6 Å². The Balaban J connectivity index is 2.42. The molecule has 4 nitrogen and oxygen atoms in total. The van der Waals surface area contributed by atoms with Gasteiger partial charge in [0.1, 0.15) is 16.5 Å². The first kappa shape index (κ1) is 15.9. The number of benzene rings is 2. The van der Waals surface area contributed by atoms with Crippen LogP contribution in [-0.2, 0) is 16.6 Å². The second-order valence-electron chi connectivity index (χ2n) is 4.23. The minimum Gasteiger partial charge on any atom is -0.326 e. The molecular weight excluding hydrogens is 366 g/mol. The van der Waals surface area contributed by atoms with Crippen LogP contribution < -0.4 is 10.5 Å². The van der Waals surface area contributed by atoms with Gasteiger partial charge in [0.2, 0.25) is 0 Å². The summed E-state index contributed by atoms with van der Waals surface area (Å²) in [6.45, 7) is 0.171. The molecule has 2 aromatic carbocycles. The molecule has 0 aliphatic heterocycles. The van der Waals surface area contributed by atoms with Gasteiger partial charge in [-0.15, -0.1) is 0 Å². The minimum atomic E-state index is -4.00. The molecule has 3 N–H and O–H groups in total. The lowest BCUT2D eigenvalue weighted by Gasteiger charge is -2.11. The Hall–Kier alpha value is -1.51. The van der Waals surface area contributed by atoms with Crippen molar-refractivity contribution in [2.75, 3.05) is 4.72 Å². The third-order valence-corrected chi connectivity index (χ3v) is 5.01. The quantitative estimate of drug-likeness (QED) is 0.861. The smallest absolute Gasteiger partial charge is 0.263 e. The second-order valence-corrected chi connectivity index (χ2v) is 6.74. The van der Waals surface area contributed by atoms with E-state index in [9.17, 15) is 17.2 Å². The average Bonchev–Trinajstić information content (AvgIpc) is 2.37. The topological polar surface area (TPSA) is 72.2 Å². The van der Waals surface area contributed by atoms with Gasteiger partial charge in [0.15, 0.2) is 0 Å². The number of halogens is 3. The number of sulfonamides is 1. The third-order valence-electron chi connectivity index (χ3n) is 2.64. The first-order valence-electron chi connectivity index (χ1n) is 5.79. The van der Waals surface area contributed by atoms with Crippen molar-refractivity contribution in [1.82, 2.24) is 0 Å². The van der Waals surface area contributed by atoms with Gasteiger partial charge in [0.25, 0.3) is 10.0 Å². The van der Waals surface area contributed by atoms with E-state index in [0.717, 1.165) is 12.1 Å². The highest BCUT2D eigenvalue weighted by Crippen LogP contribution is 2.26. The molecule has 0 amide bonds. The summed E-state index contributed by atoms with van der Waals surface area (Å²) in [6, 6.07) is 7.04. The Bertz CT molecular complexity index is 761. The van der Waals surface area contributed by atoms with Gasteiger partial charge in [-0.3, -0.25) is 4.72 Å². The van der Waals surface area contributed by atoms with Crippen molar-refractivity contribution in [3.05, 3.63) is 58.1 Å². The van der Waals surface area contributed by atoms with Crippen LogP contribution in [0.4, 0.5) is 14.5 Å². The SMILES string of the molecule is NCc1ccc(Br)c(S(=O)(=O)Nc2cc(F)cc(F)c2)c1. The molecule has 8 heteroatoms. The van der Waals surface area contributed by atoms with Crippen molar-refractivity contribution in [1.29, 1.82) is 0 Å².